The highest BCUT2D eigenvalue weighted by Crippen LogP contribution is 2.39. The first-order valence-corrected chi connectivity index (χ1v) is 7.38. The number of fused-ring (bicyclic) bond motifs is 1. The summed E-state index contributed by atoms with van der Waals surface area (Å²) in [5.41, 5.74) is 2.81. The molecule has 0 bridgehead atoms. The molecule has 0 radical (unpaired) electrons. The number of hydrogen-bond donors (Lipinski definition) is 1. The molecule has 3 rings (SSSR count). The molecule has 1 aromatic rings. The van der Waals surface area contributed by atoms with Gasteiger partial charge in [-0.1, -0.05) is 18.6 Å². The van der Waals surface area contributed by atoms with E-state index >= 15 is 0 Å². The highest BCUT2D eigenvalue weighted by atomic mass is 15.2. The summed E-state index contributed by atoms with van der Waals surface area (Å²) in [6.45, 7) is 2.22. The Hall–Kier alpha value is -1.02. The molecule has 1 aromatic carbocycles. The molecule has 1 aliphatic carbocycles. The largest absolute Gasteiger partial charge is 0.368 e. The maximum atomic E-state index is 3.21. The summed E-state index contributed by atoms with van der Waals surface area (Å²) >= 11 is 0. The summed E-state index contributed by atoms with van der Waals surface area (Å²) in [7, 11) is 2.00. The van der Waals surface area contributed by atoms with E-state index in [1.165, 1.54) is 49.9 Å². The van der Waals surface area contributed by atoms with E-state index in [4.69, 9.17) is 0 Å². The van der Waals surface area contributed by atoms with Gasteiger partial charge in [0.1, 0.15) is 0 Å². The fourth-order valence-electron chi connectivity index (χ4n) is 3.78. The van der Waals surface area contributed by atoms with Crippen molar-refractivity contribution in [2.45, 2.75) is 44.7 Å². The first-order valence-electron chi connectivity index (χ1n) is 7.38. The van der Waals surface area contributed by atoms with Crippen molar-refractivity contribution in [3.05, 3.63) is 29.8 Å². The minimum atomic E-state index is 0.828. The molecule has 1 N–H and O–H groups in total. The Morgan fingerprint density at radius 2 is 1.89 bits per heavy atom. The molecule has 2 heteroatoms. The van der Waals surface area contributed by atoms with E-state index in [0.717, 1.165) is 18.5 Å². The van der Waals surface area contributed by atoms with Crippen LogP contribution in [-0.4, -0.2) is 19.6 Å². The third kappa shape index (κ3) is 2.26. The van der Waals surface area contributed by atoms with Crippen molar-refractivity contribution in [1.82, 2.24) is 5.32 Å². The second-order valence-corrected chi connectivity index (χ2v) is 5.79. The van der Waals surface area contributed by atoms with Gasteiger partial charge in [0.05, 0.1) is 0 Å². The van der Waals surface area contributed by atoms with E-state index in [0.29, 0.717) is 0 Å². The maximum Gasteiger partial charge on any atom is 0.0369 e. The molecule has 1 heterocycles. The molecule has 18 heavy (non-hydrogen) atoms. The number of piperidine rings is 1. The van der Waals surface area contributed by atoms with Gasteiger partial charge in [-0.05, 0) is 56.3 Å². The van der Waals surface area contributed by atoms with Crippen molar-refractivity contribution in [3.63, 3.8) is 0 Å². The molecule has 2 unspecified atom stereocenters. The highest BCUT2D eigenvalue weighted by Gasteiger charge is 2.34. The van der Waals surface area contributed by atoms with Crippen LogP contribution in [0, 0.1) is 5.92 Å². The number of anilines is 1. The third-order valence-electron chi connectivity index (χ3n) is 4.64. The predicted molar refractivity (Wildman–Crippen MR) is 76.9 cm³/mol. The lowest BCUT2D eigenvalue weighted by Crippen LogP contribution is -2.42. The second-order valence-electron chi connectivity index (χ2n) is 5.79. The van der Waals surface area contributed by atoms with Crippen molar-refractivity contribution in [2.75, 3.05) is 18.5 Å². The van der Waals surface area contributed by atoms with Crippen LogP contribution in [0.1, 0.15) is 37.7 Å². The molecule has 2 atom stereocenters. The fraction of sp³-hybridized carbons (Fsp3) is 0.625. The summed E-state index contributed by atoms with van der Waals surface area (Å²) in [4.78, 5) is 2.67. The Kier molecular flexibility index (Phi) is 3.55. The summed E-state index contributed by atoms with van der Waals surface area (Å²) < 4.78 is 0. The molecule has 1 aliphatic heterocycles. The Balaban J connectivity index is 1.76. The number of hydrogen-bond acceptors (Lipinski definition) is 2. The van der Waals surface area contributed by atoms with Crippen LogP contribution < -0.4 is 10.2 Å². The van der Waals surface area contributed by atoms with Gasteiger partial charge in [-0.2, -0.15) is 0 Å². The minimum absolute atomic E-state index is 0.828. The number of rotatable bonds is 3. The fourth-order valence-corrected chi connectivity index (χ4v) is 3.78. The number of nitrogens with one attached hydrogen (secondary N) is 1. The molecule has 0 spiro atoms. The van der Waals surface area contributed by atoms with E-state index in [1.807, 2.05) is 7.05 Å². The molecule has 1 saturated carbocycles. The summed E-state index contributed by atoms with van der Waals surface area (Å²) in [6.07, 6.45) is 7.13. The van der Waals surface area contributed by atoms with E-state index in [9.17, 15) is 0 Å². The zero-order valence-electron chi connectivity index (χ0n) is 11.4. The quantitative estimate of drug-likeness (QED) is 0.878. The predicted octanol–water partition coefficient (Wildman–Crippen LogP) is 3.17. The van der Waals surface area contributed by atoms with Crippen LogP contribution in [-0.2, 0) is 6.54 Å². The topological polar surface area (TPSA) is 15.3 Å². The van der Waals surface area contributed by atoms with Gasteiger partial charge < -0.3 is 10.2 Å². The van der Waals surface area contributed by atoms with Crippen LogP contribution in [0.3, 0.4) is 0 Å². The number of nitrogens with zero attached hydrogens (tertiary/aromatic N) is 1. The van der Waals surface area contributed by atoms with Gasteiger partial charge in [-0.3, -0.25) is 0 Å². The SMILES string of the molecule is CNCc1ccc(N2CCCC3CCCC32)cc1. The van der Waals surface area contributed by atoms with Crippen LogP contribution in [0.2, 0.25) is 0 Å². The molecular formula is C16H24N2. The summed E-state index contributed by atoms with van der Waals surface area (Å²) in [6, 6.07) is 9.99. The van der Waals surface area contributed by atoms with E-state index in [-0.39, 0.29) is 0 Å². The van der Waals surface area contributed by atoms with E-state index in [1.54, 1.807) is 0 Å². The summed E-state index contributed by atoms with van der Waals surface area (Å²) in [5, 5.41) is 3.21. The highest BCUT2D eigenvalue weighted by molar-refractivity contribution is 5.49. The lowest BCUT2D eigenvalue weighted by atomic mass is 9.91. The number of benzene rings is 1. The van der Waals surface area contributed by atoms with Crippen molar-refractivity contribution in [2.24, 2.45) is 5.92 Å². The van der Waals surface area contributed by atoms with E-state index < -0.39 is 0 Å². The Labute approximate surface area is 110 Å². The first-order chi connectivity index (χ1) is 8.88. The minimum Gasteiger partial charge on any atom is -0.368 e. The van der Waals surface area contributed by atoms with E-state index in [2.05, 4.69) is 34.5 Å². The van der Waals surface area contributed by atoms with Crippen molar-refractivity contribution in [3.8, 4) is 0 Å². The standard InChI is InChI=1S/C16H24N2/c1-17-12-13-7-9-15(10-8-13)18-11-3-5-14-4-2-6-16(14)18/h7-10,14,16-17H,2-6,11-12H2,1H3. The molecule has 0 aromatic heterocycles. The monoisotopic (exact) mass is 244 g/mol. The maximum absolute atomic E-state index is 3.21. The summed E-state index contributed by atoms with van der Waals surface area (Å²) in [5.74, 6) is 0.968. The molecule has 1 saturated heterocycles. The average Bonchev–Trinajstić information content (AvgIpc) is 2.88. The van der Waals surface area contributed by atoms with Crippen LogP contribution in [0.4, 0.5) is 5.69 Å². The average molecular weight is 244 g/mol. The zero-order valence-corrected chi connectivity index (χ0v) is 11.4. The van der Waals surface area contributed by atoms with Crippen LogP contribution in [0.25, 0.3) is 0 Å². The van der Waals surface area contributed by atoms with Crippen molar-refractivity contribution >= 4 is 5.69 Å². The molecule has 2 fully saturated rings. The Bertz CT molecular complexity index is 385. The van der Waals surface area contributed by atoms with Gasteiger partial charge in [0.2, 0.25) is 0 Å². The van der Waals surface area contributed by atoms with Gasteiger partial charge in [0.15, 0.2) is 0 Å². The van der Waals surface area contributed by atoms with Gasteiger partial charge in [0, 0.05) is 24.8 Å². The molecular weight excluding hydrogens is 220 g/mol. The van der Waals surface area contributed by atoms with Gasteiger partial charge in [-0.15, -0.1) is 0 Å². The first kappa shape index (κ1) is 12.0. The lowest BCUT2D eigenvalue weighted by Gasteiger charge is -2.39. The smallest absolute Gasteiger partial charge is 0.0369 e. The lowest BCUT2D eigenvalue weighted by molar-refractivity contribution is 0.362. The van der Waals surface area contributed by atoms with Crippen molar-refractivity contribution < 1.29 is 0 Å². The van der Waals surface area contributed by atoms with Crippen LogP contribution >= 0.6 is 0 Å². The van der Waals surface area contributed by atoms with Crippen LogP contribution in [0.15, 0.2) is 24.3 Å². The van der Waals surface area contributed by atoms with Gasteiger partial charge in [-0.25, -0.2) is 0 Å². The Morgan fingerprint density at radius 1 is 1.11 bits per heavy atom. The molecule has 2 aliphatic rings. The zero-order chi connectivity index (χ0) is 12.4. The van der Waals surface area contributed by atoms with Crippen LogP contribution in [0.5, 0.6) is 0 Å². The second kappa shape index (κ2) is 5.31. The Morgan fingerprint density at radius 3 is 2.67 bits per heavy atom. The van der Waals surface area contributed by atoms with Gasteiger partial charge >= 0.3 is 0 Å². The third-order valence-corrected chi connectivity index (χ3v) is 4.64. The normalized spacial score (nSPS) is 27.3. The molecule has 98 valence electrons. The molecule has 0 amide bonds. The molecule has 2 nitrogen and oxygen atoms in total. The van der Waals surface area contributed by atoms with Crippen molar-refractivity contribution in [1.29, 1.82) is 0 Å². The van der Waals surface area contributed by atoms with Gasteiger partial charge in [0.25, 0.3) is 0 Å².